The van der Waals surface area contributed by atoms with Crippen molar-refractivity contribution in [1.29, 1.82) is 0 Å². The number of aromatic nitrogens is 2. The quantitative estimate of drug-likeness (QED) is 0.270. The first-order chi connectivity index (χ1) is 17.6. The van der Waals surface area contributed by atoms with Gasteiger partial charge in [0.15, 0.2) is 0 Å². The van der Waals surface area contributed by atoms with E-state index in [9.17, 15) is 5.11 Å². The second-order valence-electron chi connectivity index (χ2n) is 9.26. The lowest BCUT2D eigenvalue weighted by atomic mass is 9.98. The van der Waals surface area contributed by atoms with Gasteiger partial charge in [-0.2, -0.15) is 0 Å². The summed E-state index contributed by atoms with van der Waals surface area (Å²) in [4.78, 5) is 11.6. The number of anilines is 1. The number of piperidine rings is 1. The maximum atomic E-state index is 9.41. The van der Waals surface area contributed by atoms with Crippen LogP contribution in [0.25, 0.3) is 33.6 Å². The van der Waals surface area contributed by atoms with Crippen molar-refractivity contribution in [3.63, 3.8) is 0 Å². The fourth-order valence-electron chi connectivity index (χ4n) is 4.95. The molecule has 4 aromatic rings. The van der Waals surface area contributed by atoms with Gasteiger partial charge in [-0.1, -0.05) is 49.0 Å². The number of hydrogen-bond acceptors (Lipinski definition) is 7. The van der Waals surface area contributed by atoms with Gasteiger partial charge in [-0.3, -0.25) is 0 Å². The van der Waals surface area contributed by atoms with Gasteiger partial charge in [0.2, 0.25) is 5.71 Å². The average Bonchev–Trinajstić information content (AvgIpc) is 3.30. The molecule has 0 radical (unpaired) electrons. The van der Waals surface area contributed by atoms with E-state index >= 15 is 0 Å². The molecule has 0 spiro atoms. The number of aliphatic hydroxyl groups is 1. The standard InChI is InChI=1S/C29H32N4O3/c1-20(34)8-6-16-33-17-7-11-23(18-33)32-28-26-25(21-12-14-24(35-2)15-13-21)27(22-9-4-3-5-10-22)36-29(26)31-19-30-28/h3-5,9-10,12-15,19,23,34H,1,6-8,11,16-18H2,2H3,(H,30,31,32). The third-order valence-corrected chi connectivity index (χ3v) is 6.69. The molecule has 1 atom stereocenters. The summed E-state index contributed by atoms with van der Waals surface area (Å²) < 4.78 is 11.7. The lowest BCUT2D eigenvalue weighted by Gasteiger charge is -2.33. The van der Waals surface area contributed by atoms with Crippen LogP contribution < -0.4 is 10.1 Å². The van der Waals surface area contributed by atoms with Crippen molar-refractivity contribution in [1.82, 2.24) is 14.9 Å². The van der Waals surface area contributed by atoms with Crippen LogP contribution >= 0.6 is 0 Å². The minimum Gasteiger partial charge on any atom is -0.513 e. The molecule has 1 saturated heterocycles. The topological polar surface area (TPSA) is 83.7 Å². The molecule has 0 bridgehead atoms. The second-order valence-corrected chi connectivity index (χ2v) is 9.26. The molecule has 3 heterocycles. The molecular formula is C29H32N4O3. The zero-order chi connectivity index (χ0) is 24.9. The summed E-state index contributed by atoms with van der Waals surface area (Å²) in [6.07, 6.45) is 5.29. The summed E-state index contributed by atoms with van der Waals surface area (Å²) >= 11 is 0. The van der Waals surface area contributed by atoms with Crippen LogP contribution in [-0.2, 0) is 0 Å². The van der Waals surface area contributed by atoms with Gasteiger partial charge in [-0.15, -0.1) is 0 Å². The van der Waals surface area contributed by atoms with E-state index < -0.39 is 0 Å². The number of ether oxygens (including phenoxy) is 1. The van der Waals surface area contributed by atoms with E-state index in [1.165, 1.54) is 0 Å². The lowest BCUT2D eigenvalue weighted by molar-refractivity contribution is 0.211. The summed E-state index contributed by atoms with van der Waals surface area (Å²) in [6.45, 7) is 6.53. The largest absolute Gasteiger partial charge is 0.513 e. The highest BCUT2D eigenvalue weighted by atomic mass is 16.5. The number of aliphatic hydroxyl groups excluding tert-OH is 1. The highest BCUT2D eigenvalue weighted by Crippen LogP contribution is 2.43. The van der Waals surface area contributed by atoms with E-state index in [2.05, 4.69) is 26.8 Å². The summed E-state index contributed by atoms with van der Waals surface area (Å²) in [5.74, 6) is 2.61. The minimum absolute atomic E-state index is 0.255. The Hall–Kier alpha value is -3.84. The molecule has 0 amide bonds. The van der Waals surface area contributed by atoms with Crippen molar-refractivity contribution in [3.8, 4) is 28.2 Å². The van der Waals surface area contributed by atoms with Crippen LogP contribution in [0.1, 0.15) is 25.7 Å². The molecule has 36 heavy (non-hydrogen) atoms. The molecule has 2 aromatic carbocycles. The summed E-state index contributed by atoms with van der Waals surface area (Å²) in [6, 6.07) is 18.4. The van der Waals surface area contributed by atoms with Crippen molar-refractivity contribution >= 4 is 16.9 Å². The maximum Gasteiger partial charge on any atom is 0.232 e. The zero-order valence-electron chi connectivity index (χ0n) is 20.6. The van der Waals surface area contributed by atoms with E-state index in [1.807, 2.05) is 54.6 Å². The number of methoxy groups -OCH3 is 1. The number of rotatable bonds is 9. The van der Waals surface area contributed by atoms with E-state index in [0.717, 1.165) is 78.3 Å². The monoisotopic (exact) mass is 484 g/mol. The summed E-state index contributed by atoms with van der Waals surface area (Å²) in [5, 5.41) is 14.0. The fraction of sp³-hybridized carbons (Fsp3) is 0.310. The van der Waals surface area contributed by atoms with Crippen LogP contribution in [0, 0.1) is 0 Å². The summed E-state index contributed by atoms with van der Waals surface area (Å²) in [5.41, 5.74) is 3.53. The van der Waals surface area contributed by atoms with Gasteiger partial charge in [0, 0.05) is 30.1 Å². The number of fused-ring (bicyclic) bond motifs is 1. The Morgan fingerprint density at radius 1 is 1.14 bits per heavy atom. The van der Waals surface area contributed by atoms with Crippen LogP contribution in [0.15, 0.2) is 77.7 Å². The van der Waals surface area contributed by atoms with Gasteiger partial charge >= 0.3 is 0 Å². The fourth-order valence-corrected chi connectivity index (χ4v) is 4.95. The number of furan rings is 1. The van der Waals surface area contributed by atoms with Crippen LogP contribution in [0.3, 0.4) is 0 Å². The van der Waals surface area contributed by atoms with Gasteiger partial charge in [-0.05, 0) is 50.0 Å². The van der Waals surface area contributed by atoms with Crippen molar-refractivity contribution in [2.75, 3.05) is 32.1 Å². The zero-order valence-corrected chi connectivity index (χ0v) is 20.6. The number of nitrogens with zero attached hydrogens (tertiary/aromatic N) is 3. The van der Waals surface area contributed by atoms with E-state index in [0.29, 0.717) is 12.1 Å². The van der Waals surface area contributed by atoms with Gasteiger partial charge in [0.25, 0.3) is 0 Å². The van der Waals surface area contributed by atoms with Crippen LogP contribution in [0.2, 0.25) is 0 Å². The molecule has 0 saturated carbocycles. The predicted octanol–water partition coefficient (Wildman–Crippen LogP) is 6.29. The average molecular weight is 485 g/mol. The van der Waals surface area contributed by atoms with Gasteiger partial charge in [0.05, 0.1) is 18.3 Å². The Labute approximate surface area is 211 Å². The molecule has 186 valence electrons. The normalized spacial score (nSPS) is 16.2. The first-order valence-corrected chi connectivity index (χ1v) is 12.5. The van der Waals surface area contributed by atoms with E-state index in [1.54, 1.807) is 13.4 Å². The minimum atomic E-state index is 0.255. The van der Waals surface area contributed by atoms with Crippen molar-refractivity contribution in [2.24, 2.45) is 0 Å². The number of likely N-dealkylation sites (tertiary alicyclic amines) is 1. The highest BCUT2D eigenvalue weighted by molar-refractivity contribution is 6.05. The number of allylic oxidation sites excluding steroid dienone is 1. The Bertz CT molecular complexity index is 1320. The third-order valence-electron chi connectivity index (χ3n) is 6.69. The van der Waals surface area contributed by atoms with Crippen LogP contribution in [0.5, 0.6) is 5.75 Å². The number of nitrogens with one attached hydrogen (secondary N) is 1. The smallest absolute Gasteiger partial charge is 0.232 e. The second kappa shape index (κ2) is 10.8. The molecule has 0 aliphatic carbocycles. The van der Waals surface area contributed by atoms with Crippen molar-refractivity contribution in [3.05, 3.63) is 73.3 Å². The van der Waals surface area contributed by atoms with Crippen LogP contribution in [-0.4, -0.2) is 52.8 Å². The first kappa shape index (κ1) is 23.9. The summed E-state index contributed by atoms with van der Waals surface area (Å²) in [7, 11) is 1.67. The Kier molecular flexibility index (Phi) is 7.18. The Morgan fingerprint density at radius 2 is 1.94 bits per heavy atom. The maximum absolute atomic E-state index is 9.41. The molecule has 1 aliphatic rings. The highest BCUT2D eigenvalue weighted by Gasteiger charge is 2.25. The third kappa shape index (κ3) is 5.21. The lowest BCUT2D eigenvalue weighted by Crippen LogP contribution is -2.42. The van der Waals surface area contributed by atoms with E-state index in [4.69, 9.17) is 9.15 Å². The SMILES string of the molecule is C=C(O)CCCN1CCCC(Nc2ncnc3oc(-c4ccccc4)c(-c4ccc(OC)cc4)c23)C1. The molecular weight excluding hydrogens is 452 g/mol. The molecule has 5 rings (SSSR count). The van der Waals surface area contributed by atoms with Crippen LogP contribution in [0.4, 0.5) is 5.82 Å². The Morgan fingerprint density at radius 3 is 2.69 bits per heavy atom. The van der Waals surface area contributed by atoms with Gasteiger partial charge in [0.1, 0.15) is 23.7 Å². The number of hydrogen-bond donors (Lipinski definition) is 2. The molecule has 1 unspecified atom stereocenters. The van der Waals surface area contributed by atoms with Gasteiger partial charge in [-0.25, -0.2) is 9.97 Å². The van der Waals surface area contributed by atoms with Crippen molar-refractivity contribution < 1.29 is 14.3 Å². The molecule has 2 N–H and O–H groups in total. The molecule has 2 aromatic heterocycles. The molecule has 1 aliphatic heterocycles. The Balaban J connectivity index is 1.50. The van der Waals surface area contributed by atoms with E-state index in [-0.39, 0.29) is 11.8 Å². The molecule has 7 nitrogen and oxygen atoms in total. The molecule has 7 heteroatoms. The first-order valence-electron chi connectivity index (χ1n) is 12.5. The van der Waals surface area contributed by atoms with Crippen molar-refractivity contribution in [2.45, 2.75) is 31.7 Å². The predicted molar refractivity (Wildman–Crippen MR) is 143 cm³/mol. The van der Waals surface area contributed by atoms with Gasteiger partial charge < -0.3 is 24.5 Å². The molecule has 1 fully saturated rings. The number of benzene rings is 2.